The number of allylic oxidation sites excluding steroid dienone is 4. The number of carbonyl (C=O) groups is 6. The van der Waals surface area contributed by atoms with Crippen molar-refractivity contribution in [1.29, 1.82) is 0 Å². The molecule has 24 heterocycles. The van der Waals surface area contributed by atoms with Gasteiger partial charge in [-0.3, -0.25) is 28.8 Å². The van der Waals surface area contributed by atoms with Gasteiger partial charge in [0.2, 0.25) is 23.6 Å². The molecule has 0 saturated carbocycles. The molecule has 12 aromatic rings. The van der Waals surface area contributed by atoms with Crippen LogP contribution in [0, 0.1) is 21.7 Å². The summed E-state index contributed by atoms with van der Waals surface area (Å²) in [7, 11) is 0. The van der Waals surface area contributed by atoms with Gasteiger partial charge in [-0.25, -0.2) is 27.1 Å². The molecule has 121 heavy (non-hydrogen) atoms. The minimum absolute atomic E-state index is 0. The van der Waals surface area contributed by atoms with Crippen molar-refractivity contribution in [3.05, 3.63) is 257 Å². The molecule has 6 unspecified atom stereocenters. The number of anilines is 6. The fraction of sp³-hybridized carbons (Fsp3) is 0.326. The summed E-state index contributed by atoms with van der Waals surface area (Å²) >= 11 is 0. The van der Waals surface area contributed by atoms with E-state index in [-0.39, 0.29) is 76.9 Å². The average Bonchev–Trinajstić information content (AvgIpc) is 1.65. The molecular weight excluding hydrogens is 1530 g/mol. The van der Waals surface area contributed by atoms with E-state index in [1.807, 2.05) is 91.6 Å². The molecule has 12 aliphatic heterocycles. The molecule has 12 aromatic heterocycles. The lowest BCUT2D eigenvalue weighted by Crippen LogP contribution is -2.48. The number of hydrogen-bond acceptors (Lipinski definition) is 20. The molecular formula is C89H98N26O6. The first kappa shape index (κ1) is 71.0. The molecule has 12 aliphatic rings. The largest absolute Gasteiger partial charge is 0.367 e. The first-order valence-corrected chi connectivity index (χ1v) is 40.2. The van der Waals surface area contributed by atoms with Gasteiger partial charge < -0.3 is 71.9 Å². The molecule has 6 spiro atoms. The minimum atomic E-state index is -0.632. The van der Waals surface area contributed by atoms with Gasteiger partial charge in [0.25, 0.3) is 11.8 Å². The summed E-state index contributed by atoms with van der Waals surface area (Å²) < 4.78 is 57.8. The van der Waals surface area contributed by atoms with Crippen LogP contribution in [0.15, 0.2) is 257 Å². The predicted octanol–water partition coefficient (Wildman–Crippen LogP) is 7.84. The van der Waals surface area contributed by atoms with Crippen molar-refractivity contribution >= 4 is 103 Å². The monoisotopic (exact) mass is 1640 g/mol. The topological polar surface area (TPSA) is 322 Å². The van der Waals surface area contributed by atoms with E-state index in [1.165, 1.54) is 0 Å². The first-order chi connectivity index (χ1) is 60.5. The van der Waals surface area contributed by atoms with Crippen molar-refractivity contribution in [3.8, 4) is 0 Å². The van der Waals surface area contributed by atoms with Gasteiger partial charge >= 0.3 is 0 Å². The van der Waals surface area contributed by atoms with E-state index in [4.69, 9.17) is 8.22 Å². The van der Waals surface area contributed by atoms with E-state index in [9.17, 15) is 28.8 Å². The van der Waals surface area contributed by atoms with E-state index >= 15 is 0 Å². The van der Waals surface area contributed by atoms with Crippen LogP contribution in [-0.2, 0) is 28.8 Å². The summed E-state index contributed by atoms with van der Waals surface area (Å²) in [5.41, 5.74) is 11.5. The zero-order chi connectivity index (χ0) is 87.7. The van der Waals surface area contributed by atoms with E-state index in [1.54, 1.807) is 82.2 Å². The highest BCUT2D eigenvalue weighted by Crippen LogP contribution is 2.47. The van der Waals surface area contributed by atoms with E-state index in [0.29, 0.717) is 120 Å². The van der Waals surface area contributed by atoms with Crippen molar-refractivity contribution in [2.75, 3.05) is 108 Å². The number of carbonyl (C=O) groups excluding carboxylic acids is 6. The second-order valence-corrected chi connectivity index (χ2v) is 33.3. The fourth-order valence-corrected chi connectivity index (χ4v) is 19.4. The molecule has 8 N–H and O–H groups in total. The van der Waals surface area contributed by atoms with Crippen LogP contribution in [0.2, 0.25) is 0 Å². The lowest BCUT2D eigenvalue weighted by Gasteiger charge is -2.22. The number of nitrogens with zero attached hydrogens (tertiary/aromatic N) is 18. The SMILES string of the molecule is C.[3H]c1ccc2c(N3CCC4(CC(=C)NC4=O)C3)cnn2c1.[3H]c1cccc2c(N3CCC4(CC(=C)NC4=O)C3)cnn12.[3H]c1cccn2ncc(N3CCC4(CC(=C)NC4=O)C3)c12.[3H]c1ccn2ncc(N3CCC4(CC(=C)NC4=O)C3)c2c1.[3H]c1nn2ccccc2c1N1CCC2(C1)NC(=C)NC2=O.[3H]c1nn2ccccc2c1N1CCC2(C1)NC(=C)NC2=O. The summed E-state index contributed by atoms with van der Waals surface area (Å²) in [5, 5.41) is 48.8. The predicted molar refractivity (Wildman–Crippen MR) is 462 cm³/mol. The average molecular weight is 1640 g/mol. The molecule has 620 valence electrons. The molecule has 24 rings (SSSR count). The highest BCUT2D eigenvalue weighted by atomic mass is 16.2. The van der Waals surface area contributed by atoms with Crippen molar-refractivity contribution in [2.24, 2.45) is 21.7 Å². The third-order valence-electron chi connectivity index (χ3n) is 25.5. The molecule has 0 aliphatic carbocycles. The Morgan fingerprint density at radius 1 is 0.314 bits per heavy atom. The molecule has 32 heteroatoms. The number of nitrogens with one attached hydrogen (secondary N) is 8. The Kier molecular flexibility index (Phi) is 17.8. The minimum Gasteiger partial charge on any atom is -0.367 e. The lowest BCUT2D eigenvalue weighted by molar-refractivity contribution is -0.127. The summed E-state index contributed by atoms with van der Waals surface area (Å²) in [6, 6.07) is 29.1. The zero-order valence-corrected chi connectivity index (χ0v) is 66.2. The van der Waals surface area contributed by atoms with Gasteiger partial charge in [0, 0.05) is 151 Å². The van der Waals surface area contributed by atoms with Crippen molar-refractivity contribution in [2.45, 2.75) is 82.7 Å². The lowest BCUT2D eigenvalue weighted by atomic mass is 9.85. The fourth-order valence-electron chi connectivity index (χ4n) is 19.4. The Morgan fingerprint density at radius 3 is 1.06 bits per heavy atom. The van der Waals surface area contributed by atoms with Crippen LogP contribution in [0.4, 0.5) is 34.1 Å². The Balaban J connectivity index is 0.000000103. The van der Waals surface area contributed by atoms with Gasteiger partial charge in [-0.2, -0.15) is 30.6 Å². The van der Waals surface area contributed by atoms with Crippen LogP contribution in [0.3, 0.4) is 0 Å². The molecule has 0 bridgehead atoms. The van der Waals surface area contributed by atoms with Gasteiger partial charge in [-0.05, 0) is 111 Å². The summed E-state index contributed by atoms with van der Waals surface area (Å²) in [6.45, 7) is 31.5. The van der Waals surface area contributed by atoms with Crippen molar-refractivity contribution in [3.63, 3.8) is 0 Å². The molecule has 12 fully saturated rings. The number of fused-ring (bicyclic) bond motifs is 6. The van der Waals surface area contributed by atoms with Crippen molar-refractivity contribution in [1.82, 2.24) is 100 Å². The van der Waals surface area contributed by atoms with Gasteiger partial charge in [-0.1, -0.05) is 83.3 Å². The third kappa shape index (κ3) is 14.0. The summed E-state index contributed by atoms with van der Waals surface area (Å²) in [6.07, 6.45) is 24.5. The zero-order valence-electron chi connectivity index (χ0n) is 72.2. The quantitative estimate of drug-likeness (QED) is 0.0786. The van der Waals surface area contributed by atoms with Crippen LogP contribution < -0.4 is 71.9 Å². The highest BCUT2D eigenvalue weighted by molar-refractivity contribution is 5.95. The van der Waals surface area contributed by atoms with Gasteiger partial charge in [0.1, 0.15) is 11.1 Å². The Bertz CT molecular complexity index is 6440. The molecule has 32 nitrogen and oxygen atoms in total. The van der Waals surface area contributed by atoms with Crippen LogP contribution in [0.5, 0.6) is 0 Å². The molecule has 6 amide bonds. The molecule has 6 atom stereocenters. The number of amides is 6. The number of hydrogen-bond donors (Lipinski definition) is 8. The summed E-state index contributed by atoms with van der Waals surface area (Å²) in [4.78, 5) is 85.9. The van der Waals surface area contributed by atoms with Crippen LogP contribution >= 0.6 is 0 Å². The third-order valence-corrected chi connectivity index (χ3v) is 25.5. The number of rotatable bonds is 6. The van der Waals surface area contributed by atoms with Gasteiger partial charge in [0.05, 0.1) is 159 Å². The van der Waals surface area contributed by atoms with Crippen LogP contribution in [0.25, 0.3) is 33.1 Å². The second kappa shape index (κ2) is 30.3. The summed E-state index contributed by atoms with van der Waals surface area (Å²) in [5.74, 6) is 1.37. The number of pyridine rings is 6. The first-order valence-electron chi connectivity index (χ1n) is 43.2. The molecule has 0 radical (unpaired) electrons. The standard InChI is InChI=1S/4C15H16N4O.2C14H15N5O.CH4/c4*1-11-8-15(14(20)17-11)5-7-18(10-15)13-9-16-19-6-3-2-4-12(13)19;2*1-10-16-13(20)14(17-10)5-7-18(9-14)12-8-15-19-6-3-2-4-11(12)19;/h4*2-4,6,9H,1,5,7-8,10H2,(H,17,20);2*2-4,6,8,17H,1,5,7,9H2,(H,16,20);1H4/i6T;4T;3T;2T;2*8T;. The smallest absolute Gasteiger partial charge is 0.253 e. The normalized spacial score (nSPS) is 26.2. The Hall–Kier alpha value is -14.2. The van der Waals surface area contributed by atoms with E-state index in [0.717, 1.165) is 148 Å². The number of aromatic nitrogens is 12. The Morgan fingerprint density at radius 2 is 0.645 bits per heavy atom. The maximum Gasteiger partial charge on any atom is 0.253 e. The van der Waals surface area contributed by atoms with Gasteiger partial charge in [0.15, 0.2) is 0 Å². The molecule has 0 aromatic carbocycles. The van der Waals surface area contributed by atoms with E-state index in [2.05, 4.69) is 142 Å². The van der Waals surface area contributed by atoms with Crippen molar-refractivity contribution < 1.29 is 37.0 Å². The maximum atomic E-state index is 12.2. The van der Waals surface area contributed by atoms with Crippen LogP contribution in [-0.4, -0.2) is 183 Å². The highest BCUT2D eigenvalue weighted by Gasteiger charge is 2.55. The van der Waals surface area contributed by atoms with Gasteiger partial charge in [-0.15, -0.1) is 0 Å². The maximum absolute atomic E-state index is 12.2. The van der Waals surface area contributed by atoms with E-state index < -0.39 is 11.1 Å². The molecule has 12 saturated heterocycles. The Labute approximate surface area is 706 Å². The second-order valence-electron chi connectivity index (χ2n) is 33.3. The van der Waals surface area contributed by atoms with Crippen LogP contribution in [0.1, 0.15) is 79.9 Å².